The van der Waals surface area contributed by atoms with Crippen molar-refractivity contribution in [1.29, 1.82) is 0 Å². The Kier molecular flexibility index (Phi) is 4.92. The second-order valence-corrected chi connectivity index (χ2v) is 9.47. The summed E-state index contributed by atoms with van der Waals surface area (Å²) in [6, 6.07) is 1.49. The van der Waals surface area contributed by atoms with E-state index in [1.54, 1.807) is 0 Å². The lowest BCUT2D eigenvalue weighted by Crippen LogP contribution is -2.64. The lowest BCUT2D eigenvalue weighted by Gasteiger charge is -2.51. The molecule has 4 rings (SSSR count). The second kappa shape index (κ2) is 7.08. The van der Waals surface area contributed by atoms with Crippen LogP contribution in [0.3, 0.4) is 0 Å². The van der Waals surface area contributed by atoms with Crippen LogP contribution in [0.1, 0.15) is 73.9 Å². The van der Waals surface area contributed by atoms with E-state index in [4.69, 9.17) is 5.73 Å². The number of pyridine rings is 2. The number of anilines is 1. The zero-order valence-corrected chi connectivity index (χ0v) is 18.0. The molecule has 162 valence electrons. The van der Waals surface area contributed by atoms with Gasteiger partial charge in [0, 0.05) is 6.54 Å². The third-order valence-corrected chi connectivity index (χ3v) is 6.99. The molecule has 2 unspecified atom stereocenters. The number of halogens is 1. The van der Waals surface area contributed by atoms with Crippen LogP contribution in [0.15, 0.2) is 17.1 Å². The van der Waals surface area contributed by atoms with Crippen molar-refractivity contribution in [2.24, 2.45) is 17.6 Å². The van der Waals surface area contributed by atoms with Crippen LogP contribution in [0.2, 0.25) is 0 Å². The maximum atomic E-state index is 15.6. The summed E-state index contributed by atoms with van der Waals surface area (Å²) in [7, 11) is 0. The summed E-state index contributed by atoms with van der Waals surface area (Å²) in [6.45, 7) is 8.70. The van der Waals surface area contributed by atoms with Gasteiger partial charge in [-0.25, -0.2) is 9.18 Å². The summed E-state index contributed by atoms with van der Waals surface area (Å²) in [5.74, 6) is -1.15. The van der Waals surface area contributed by atoms with E-state index in [1.165, 1.54) is 10.5 Å². The first-order valence-electron chi connectivity index (χ1n) is 10.7. The van der Waals surface area contributed by atoms with Gasteiger partial charge in [0.2, 0.25) is 0 Å². The topological polar surface area (TPSA) is 88.0 Å². The van der Waals surface area contributed by atoms with Gasteiger partial charge in [0.1, 0.15) is 5.56 Å². The van der Waals surface area contributed by atoms with E-state index < -0.39 is 23.0 Å². The number of carboxylic acid groups (broad SMARTS) is 1. The number of aryl methyl sites for hydroxylation is 1. The molecule has 0 spiro atoms. The van der Waals surface area contributed by atoms with Gasteiger partial charge in [-0.05, 0) is 67.6 Å². The van der Waals surface area contributed by atoms with Crippen molar-refractivity contribution < 1.29 is 14.3 Å². The minimum absolute atomic E-state index is 0.111. The minimum atomic E-state index is -1.29. The average molecular weight is 416 g/mol. The van der Waals surface area contributed by atoms with Gasteiger partial charge in [0.25, 0.3) is 5.56 Å². The van der Waals surface area contributed by atoms with Gasteiger partial charge in [-0.1, -0.05) is 20.8 Å². The summed E-state index contributed by atoms with van der Waals surface area (Å²) in [5.41, 5.74) is 7.64. The molecule has 30 heavy (non-hydrogen) atoms. The Bertz CT molecular complexity index is 1090. The molecule has 2 aromatic rings. The van der Waals surface area contributed by atoms with Crippen LogP contribution in [0.5, 0.6) is 0 Å². The van der Waals surface area contributed by atoms with Gasteiger partial charge in [0.05, 0.1) is 23.1 Å². The Morgan fingerprint density at radius 2 is 2.00 bits per heavy atom. The van der Waals surface area contributed by atoms with Crippen LogP contribution in [0.4, 0.5) is 10.1 Å². The van der Waals surface area contributed by atoms with Gasteiger partial charge in [0.15, 0.2) is 5.82 Å². The summed E-state index contributed by atoms with van der Waals surface area (Å²) >= 11 is 0. The van der Waals surface area contributed by atoms with Crippen LogP contribution in [0, 0.1) is 24.6 Å². The molecule has 3 N–H and O–H groups in total. The largest absolute Gasteiger partial charge is 0.477 e. The maximum absolute atomic E-state index is 15.6. The highest BCUT2D eigenvalue weighted by molar-refractivity contribution is 5.89. The Hall–Kier alpha value is -2.41. The number of hydrogen-bond donors (Lipinski definition) is 2. The van der Waals surface area contributed by atoms with E-state index in [-0.39, 0.29) is 17.4 Å². The first kappa shape index (κ1) is 20.8. The third kappa shape index (κ3) is 3.11. The first-order valence-corrected chi connectivity index (χ1v) is 10.7. The maximum Gasteiger partial charge on any atom is 0.341 e. The number of rotatable bonds is 4. The van der Waals surface area contributed by atoms with E-state index in [1.807, 2.05) is 11.8 Å². The van der Waals surface area contributed by atoms with E-state index in [9.17, 15) is 14.7 Å². The quantitative estimate of drug-likeness (QED) is 0.791. The van der Waals surface area contributed by atoms with Gasteiger partial charge in [-0.15, -0.1) is 0 Å². The van der Waals surface area contributed by atoms with Crippen LogP contribution in [-0.4, -0.2) is 27.7 Å². The van der Waals surface area contributed by atoms with Crippen LogP contribution >= 0.6 is 0 Å². The molecule has 2 aliphatic rings. The van der Waals surface area contributed by atoms with Crippen molar-refractivity contribution in [2.75, 3.05) is 11.4 Å². The molecule has 1 saturated heterocycles. The molecule has 0 amide bonds. The van der Waals surface area contributed by atoms with E-state index >= 15 is 4.39 Å². The Morgan fingerprint density at radius 3 is 2.57 bits per heavy atom. The number of hydrogen-bond acceptors (Lipinski definition) is 4. The SMILES string of the molecule is Cc1c(N2CC(C)CCC2(N)C(C)C)c(F)cn2c(=O)c(C(=O)O)cc(C3CC3)c12. The zero-order valence-electron chi connectivity index (χ0n) is 18.0. The smallest absolute Gasteiger partial charge is 0.341 e. The Labute approximate surface area is 175 Å². The van der Waals surface area contributed by atoms with Crippen LogP contribution < -0.4 is 16.2 Å². The summed E-state index contributed by atoms with van der Waals surface area (Å²) in [4.78, 5) is 26.4. The number of nitrogens with two attached hydrogens (primary N) is 1. The highest BCUT2D eigenvalue weighted by Crippen LogP contribution is 2.45. The standard InChI is InChI=1S/C23H30FN3O3/c1-12(2)23(25)8-7-13(3)10-27(23)20-14(4)19-16(15-5-6-15)9-17(22(29)30)21(28)26(19)11-18(20)24/h9,11-13,15H,5-8,10,25H2,1-4H3,(H,29,30). The molecular formula is C23H30FN3O3. The van der Waals surface area contributed by atoms with Gasteiger partial charge in [-0.3, -0.25) is 9.20 Å². The predicted octanol–water partition coefficient (Wildman–Crippen LogP) is 3.87. The number of carbonyl (C=O) groups is 1. The predicted molar refractivity (Wildman–Crippen MR) is 115 cm³/mol. The number of fused-ring (bicyclic) bond motifs is 1. The van der Waals surface area contributed by atoms with E-state index in [0.29, 0.717) is 29.2 Å². The fourth-order valence-corrected chi connectivity index (χ4v) is 4.92. The fourth-order valence-electron chi connectivity index (χ4n) is 4.92. The zero-order chi connectivity index (χ0) is 22.0. The molecule has 0 radical (unpaired) electrons. The number of nitrogens with zero attached hydrogens (tertiary/aromatic N) is 2. The van der Waals surface area contributed by atoms with Crippen molar-refractivity contribution in [1.82, 2.24) is 4.40 Å². The first-order chi connectivity index (χ1) is 14.1. The highest BCUT2D eigenvalue weighted by atomic mass is 19.1. The molecule has 1 aliphatic heterocycles. The third-order valence-electron chi connectivity index (χ3n) is 6.99. The monoisotopic (exact) mass is 415 g/mol. The molecule has 1 aliphatic carbocycles. The van der Waals surface area contributed by atoms with E-state index in [0.717, 1.165) is 37.4 Å². The Morgan fingerprint density at radius 1 is 1.33 bits per heavy atom. The van der Waals surface area contributed by atoms with Crippen molar-refractivity contribution in [3.63, 3.8) is 0 Å². The fraction of sp³-hybridized carbons (Fsp3) is 0.565. The number of aromatic nitrogens is 1. The van der Waals surface area contributed by atoms with Crippen molar-refractivity contribution >= 4 is 17.2 Å². The van der Waals surface area contributed by atoms with Crippen LogP contribution in [0.25, 0.3) is 5.52 Å². The molecule has 2 aromatic heterocycles. The number of aromatic carboxylic acids is 1. The highest BCUT2D eigenvalue weighted by Gasteiger charge is 2.42. The summed E-state index contributed by atoms with van der Waals surface area (Å²) < 4.78 is 16.7. The molecule has 0 aromatic carbocycles. The summed E-state index contributed by atoms with van der Waals surface area (Å²) in [5, 5.41) is 9.48. The van der Waals surface area contributed by atoms with Gasteiger partial charge in [-0.2, -0.15) is 0 Å². The van der Waals surface area contributed by atoms with Crippen LogP contribution in [-0.2, 0) is 0 Å². The van der Waals surface area contributed by atoms with Crippen molar-refractivity contribution in [3.05, 3.63) is 45.1 Å². The molecule has 1 saturated carbocycles. The number of piperidine rings is 1. The Balaban J connectivity index is 2.03. The molecular weight excluding hydrogens is 385 g/mol. The van der Waals surface area contributed by atoms with E-state index in [2.05, 4.69) is 20.8 Å². The van der Waals surface area contributed by atoms with Gasteiger partial charge < -0.3 is 15.7 Å². The van der Waals surface area contributed by atoms with Crippen molar-refractivity contribution in [2.45, 2.75) is 65.0 Å². The molecule has 2 atom stereocenters. The van der Waals surface area contributed by atoms with Crippen molar-refractivity contribution in [3.8, 4) is 0 Å². The minimum Gasteiger partial charge on any atom is -0.477 e. The normalized spacial score (nSPS) is 24.6. The second-order valence-electron chi connectivity index (χ2n) is 9.47. The number of carboxylic acids is 1. The van der Waals surface area contributed by atoms with Gasteiger partial charge >= 0.3 is 5.97 Å². The molecule has 3 heterocycles. The summed E-state index contributed by atoms with van der Waals surface area (Å²) in [6.07, 6.45) is 4.77. The lowest BCUT2D eigenvalue weighted by atomic mass is 9.82. The molecule has 0 bridgehead atoms. The molecule has 2 fully saturated rings. The molecule has 6 nitrogen and oxygen atoms in total. The molecule has 7 heteroatoms. The lowest BCUT2D eigenvalue weighted by molar-refractivity contribution is 0.0694. The average Bonchev–Trinajstić information content (AvgIpc) is 3.50.